The van der Waals surface area contributed by atoms with Gasteiger partial charge in [-0.1, -0.05) is 44.0 Å². The van der Waals surface area contributed by atoms with E-state index < -0.39 is 0 Å². The summed E-state index contributed by atoms with van der Waals surface area (Å²) in [7, 11) is 0. The number of nitrogens with two attached hydrogens (primary N) is 1. The minimum absolute atomic E-state index is 0.0502. The minimum Gasteiger partial charge on any atom is -0.327 e. The first-order valence-corrected chi connectivity index (χ1v) is 6.10. The van der Waals surface area contributed by atoms with Gasteiger partial charge < -0.3 is 5.73 Å². The number of benzene rings is 1. The molecule has 0 amide bonds. The van der Waals surface area contributed by atoms with E-state index in [0.717, 1.165) is 18.4 Å². The molecule has 1 aromatic carbocycles. The zero-order valence-corrected chi connectivity index (χ0v) is 10.6. The Morgan fingerprint density at radius 2 is 2.12 bits per heavy atom. The first-order chi connectivity index (χ1) is 7.54. The fourth-order valence-electron chi connectivity index (χ4n) is 1.76. The first kappa shape index (κ1) is 13.5. The second-order valence-electron chi connectivity index (χ2n) is 4.43. The van der Waals surface area contributed by atoms with Gasteiger partial charge >= 0.3 is 0 Å². The number of hydrogen-bond acceptors (Lipinski definition) is 1. The Bertz CT molecular complexity index is 341. The molecular formula is C13H19ClFN. The van der Waals surface area contributed by atoms with Gasteiger partial charge in [0, 0.05) is 6.04 Å². The molecule has 0 fully saturated rings. The summed E-state index contributed by atoms with van der Waals surface area (Å²) in [5, 5.41) is 0.210. The molecule has 0 spiro atoms. The van der Waals surface area contributed by atoms with E-state index in [1.165, 1.54) is 6.07 Å². The van der Waals surface area contributed by atoms with Crippen molar-refractivity contribution in [2.24, 2.45) is 11.7 Å². The van der Waals surface area contributed by atoms with Crippen LogP contribution in [0.15, 0.2) is 18.2 Å². The summed E-state index contributed by atoms with van der Waals surface area (Å²) in [6.07, 6.45) is 2.70. The molecule has 0 saturated heterocycles. The van der Waals surface area contributed by atoms with E-state index in [9.17, 15) is 4.39 Å². The summed E-state index contributed by atoms with van der Waals surface area (Å²) in [4.78, 5) is 0. The molecule has 90 valence electrons. The molecule has 2 unspecified atom stereocenters. The van der Waals surface area contributed by atoms with Crippen molar-refractivity contribution in [1.82, 2.24) is 0 Å². The standard InChI is InChI=1S/C13H19ClFN/c1-3-9(2)7-11(16)8-10-5-4-6-12(15)13(10)14/h4-6,9,11H,3,7-8,16H2,1-2H3. The second-order valence-corrected chi connectivity index (χ2v) is 4.80. The summed E-state index contributed by atoms with van der Waals surface area (Å²) >= 11 is 5.88. The summed E-state index contributed by atoms with van der Waals surface area (Å²) in [6, 6.07) is 4.93. The maximum absolute atomic E-state index is 13.2. The molecule has 1 rings (SSSR count). The van der Waals surface area contributed by atoms with Crippen LogP contribution in [0, 0.1) is 11.7 Å². The van der Waals surface area contributed by atoms with E-state index in [-0.39, 0.29) is 16.9 Å². The van der Waals surface area contributed by atoms with E-state index in [1.807, 2.05) is 6.07 Å². The predicted molar refractivity (Wildman–Crippen MR) is 67.2 cm³/mol. The Kier molecular flexibility index (Phi) is 5.23. The fourth-order valence-corrected chi connectivity index (χ4v) is 1.96. The maximum atomic E-state index is 13.2. The van der Waals surface area contributed by atoms with Crippen LogP contribution in [0.5, 0.6) is 0 Å². The molecule has 0 saturated carbocycles. The second kappa shape index (κ2) is 6.21. The summed E-state index contributed by atoms with van der Waals surface area (Å²) in [6.45, 7) is 4.32. The average molecular weight is 244 g/mol. The van der Waals surface area contributed by atoms with Crippen LogP contribution < -0.4 is 5.73 Å². The Morgan fingerprint density at radius 3 is 2.75 bits per heavy atom. The third-order valence-corrected chi connectivity index (χ3v) is 3.34. The molecule has 0 bridgehead atoms. The Balaban J connectivity index is 2.62. The highest BCUT2D eigenvalue weighted by Gasteiger charge is 2.12. The van der Waals surface area contributed by atoms with Gasteiger partial charge in [-0.05, 0) is 30.4 Å². The minimum atomic E-state index is -0.366. The monoisotopic (exact) mass is 243 g/mol. The van der Waals surface area contributed by atoms with Gasteiger partial charge in [-0.25, -0.2) is 4.39 Å². The average Bonchev–Trinajstić information content (AvgIpc) is 2.24. The summed E-state index contributed by atoms with van der Waals surface area (Å²) in [5.74, 6) is 0.234. The van der Waals surface area contributed by atoms with E-state index in [1.54, 1.807) is 6.07 Å². The van der Waals surface area contributed by atoms with Crippen molar-refractivity contribution in [3.63, 3.8) is 0 Å². The normalized spacial score (nSPS) is 14.8. The molecule has 0 radical (unpaired) electrons. The smallest absolute Gasteiger partial charge is 0.142 e. The third-order valence-electron chi connectivity index (χ3n) is 2.92. The summed E-state index contributed by atoms with van der Waals surface area (Å²) < 4.78 is 13.2. The van der Waals surface area contributed by atoms with Crippen molar-refractivity contribution >= 4 is 11.6 Å². The van der Waals surface area contributed by atoms with Gasteiger partial charge in [-0.15, -0.1) is 0 Å². The van der Waals surface area contributed by atoms with Crippen LogP contribution in [-0.4, -0.2) is 6.04 Å². The lowest BCUT2D eigenvalue weighted by Gasteiger charge is -2.16. The van der Waals surface area contributed by atoms with Crippen LogP contribution in [-0.2, 0) is 6.42 Å². The Hall–Kier alpha value is -0.600. The van der Waals surface area contributed by atoms with Crippen LogP contribution >= 0.6 is 11.6 Å². The lowest BCUT2D eigenvalue weighted by Crippen LogP contribution is -2.25. The van der Waals surface area contributed by atoms with Crippen LogP contribution in [0.1, 0.15) is 32.3 Å². The number of rotatable bonds is 5. The molecule has 3 heteroatoms. The van der Waals surface area contributed by atoms with Crippen molar-refractivity contribution in [1.29, 1.82) is 0 Å². The van der Waals surface area contributed by atoms with Crippen LogP contribution in [0.4, 0.5) is 4.39 Å². The molecule has 2 atom stereocenters. The van der Waals surface area contributed by atoms with Crippen molar-refractivity contribution in [3.8, 4) is 0 Å². The lowest BCUT2D eigenvalue weighted by atomic mass is 9.95. The SMILES string of the molecule is CCC(C)CC(N)Cc1cccc(F)c1Cl. The van der Waals surface area contributed by atoms with Crippen molar-refractivity contribution < 1.29 is 4.39 Å². The van der Waals surface area contributed by atoms with Gasteiger partial charge in [0.15, 0.2) is 0 Å². The number of halogens is 2. The highest BCUT2D eigenvalue weighted by atomic mass is 35.5. The van der Waals surface area contributed by atoms with Crippen LogP contribution in [0.25, 0.3) is 0 Å². The quantitative estimate of drug-likeness (QED) is 0.837. The van der Waals surface area contributed by atoms with Gasteiger partial charge in [-0.3, -0.25) is 0 Å². The third kappa shape index (κ3) is 3.76. The van der Waals surface area contributed by atoms with E-state index >= 15 is 0 Å². The summed E-state index contributed by atoms with van der Waals surface area (Å²) in [5.41, 5.74) is 6.82. The zero-order chi connectivity index (χ0) is 12.1. The fraction of sp³-hybridized carbons (Fsp3) is 0.538. The number of hydrogen-bond donors (Lipinski definition) is 1. The van der Waals surface area contributed by atoms with Crippen molar-refractivity contribution in [2.45, 2.75) is 39.2 Å². The predicted octanol–water partition coefficient (Wildman–Crippen LogP) is 3.79. The molecule has 0 heterocycles. The maximum Gasteiger partial charge on any atom is 0.142 e. The van der Waals surface area contributed by atoms with Gasteiger partial charge in [-0.2, -0.15) is 0 Å². The Morgan fingerprint density at radius 1 is 1.44 bits per heavy atom. The highest BCUT2D eigenvalue weighted by Crippen LogP contribution is 2.22. The molecule has 0 aliphatic rings. The molecule has 0 aliphatic heterocycles. The van der Waals surface area contributed by atoms with Gasteiger partial charge in [0.2, 0.25) is 0 Å². The largest absolute Gasteiger partial charge is 0.327 e. The molecule has 1 aromatic rings. The van der Waals surface area contributed by atoms with Crippen molar-refractivity contribution in [2.75, 3.05) is 0 Å². The molecule has 0 aliphatic carbocycles. The molecule has 1 nitrogen and oxygen atoms in total. The van der Waals surface area contributed by atoms with Gasteiger partial charge in [0.05, 0.1) is 5.02 Å². The molecule has 0 aromatic heterocycles. The molecule has 2 N–H and O–H groups in total. The lowest BCUT2D eigenvalue weighted by molar-refractivity contribution is 0.450. The van der Waals surface area contributed by atoms with Gasteiger partial charge in [0.1, 0.15) is 5.82 Å². The van der Waals surface area contributed by atoms with E-state index in [0.29, 0.717) is 12.3 Å². The van der Waals surface area contributed by atoms with E-state index in [2.05, 4.69) is 13.8 Å². The van der Waals surface area contributed by atoms with Gasteiger partial charge in [0.25, 0.3) is 0 Å². The van der Waals surface area contributed by atoms with Crippen molar-refractivity contribution in [3.05, 3.63) is 34.6 Å². The topological polar surface area (TPSA) is 26.0 Å². The Labute approximate surface area is 102 Å². The highest BCUT2D eigenvalue weighted by molar-refractivity contribution is 6.31. The molecular weight excluding hydrogens is 225 g/mol. The first-order valence-electron chi connectivity index (χ1n) is 5.73. The van der Waals surface area contributed by atoms with E-state index in [4.69, 9.17) is 17.3 Å². The van der Waals surface area contributed by atoms with Crippen LogP contribution in [0.2, 0.25) is 5.02 Å². The zero-order valence-electron chi connectivity index (χ0n) is 9.84. The molecule has 16 heavy (non-hydrogen) atoms. The van der Waals surface area contributed by atoms with Crippen LogP contribution in [0.3, 0.4) is 0 Å².